The van der Waals surface area contributed by atoms with Crippen LogP contribution in [-0.2, 0) is 97.4 Å². The molecule has 2 saturated heterocycles. The first-order valence-corrected chi connectivity index (χ1v) is 37.6. The molecule has 115 heavy (non-hydrogen) atoms. The van der Waals surface area contributed by atoms with Crippen LogP contribution >= 0.6 is 0 Å². The first kappa shape index (κ1) is 98.7. The minimum absolute atomic E-state index is 0.0382. The molecule has 2 fully saturated rings. The predicted octanol–water partition coefficient (Wildman–Crippen LogP) is -9.58. The third kappa shape index (κ3) is 35.5. The molecule has 2 heterocycles. The number of nitrogens with two attached hydrogens (primary N) is 4. The quantitative estimate of drug-likeness (QED) is 0.0213. The highest BCUT2D eigenvalue weighted by Crippen LogP contribution is 2.25. The monoisotopic (exact) mass is 1640 g/mol. The van der Waals surface area contributed by atoms with E-state index in [2.05, 4.69) is 58.5 Å². The van der Waals surface area contributed by atoms with E-state index in [-0.39, 0.29) is 77.0 Å². The Morgan fingerprint density at radius 3 is 1.63 bits per heavy atom. The maximum atomic E-state index is 14.5. The molecule has 3 rings (SSSR count). The lowest BCUT2D eigenvalue weighted by Crippen LogP contribution is -2.60. The number of carbonyl (C=O) groups is 17. The number of nitrogens with one attached hydrogen (secondary N) is 12. The molecule has 44 nitrogen and oxygen atoms in total. The number of ether oxygens (including phenoxy) is 2. The van der Waals surface area contributed by atoms with E-state index < -0.39 is 275 Å². The fraction of sp³-hybridized carbons (Fsp3) is 0.648. The highest BCUT2D eigenvalue weighted by molar-refractivity contribution is 5.98. The predicted molar refractivity (Wildman–Crippen MR) is 401 cm³/mol. The van der Waals surface area contributed by atoms with Crippen molar-refractivity contribution in [2.75, 3.05) is 52.4 Å². The van der Waals surface area contributed by atoms with E-state index in [1.54, 1.807) is 44.2 Å². The molecule has 0 aromatic heterocycles. The van der Waals surface area contributed by atoms with E-state index in [1.807, 2.05) is 12.2 Å². The van der Waals surface area contributed by atoms with Gasteiger partial charge in [-0.1, -0.05) is 62.8 Å². The topological polar surface area (TPSA) is 722 Å². The van der Waals surface area contributed by atoms with E-state index in [0.717, 1.165) is 11.8 Å². The molecule has 0 spiro atoms. The van der Waals surface area contributed by atoms with Crippen LogP contribution in [0.5, 0.6) is 0 Å². The van der Waals surface area contributed by atoms with Gasteiger partial charge in [0, 0.05) is 51.2 Å². The number of hydrogen-bond acceptors (Lipinski definition) is 27. The molecule has 2 aliphatic heterocycles. The Bertz CT molecular complexity index is 3490. The van der Waals surface area contributed by atoms with Crippen molar-refractivity contribution in [3.05, 3.63) is 48.0 Å². The number of carbonyl (C=O) groups excluding carboxylic acids is 14. The summed E-state index contributed by atoms with van der Waals surface area (Å²) in [6.07, 6.45) is -12.2. The summed E-state index contributed by atoms with van der Waals surface area (Å²) in [6.45, 7) is 2.12. The summed E-state index contributed by atoms with van der Waals surface area (Å²) >= 11 is 0. The van der Waals surface area contributed by atoms with Gasteiger partial charge >= 0.3 is 17.9 Å². The smallest absolute Gasteiger partial charge is 0.328 e. The molecule has 28 N–H and O–H groups in total. The summed E-state index contributed by atoms with van der Waals surface area (Å²) < 4.78 is 11.3. The summed E-state index contributed by atoms with van der Waals surface area (Å²) in [4.78, 5) is 225. The number of primary amides is 1. The molecule has 0 unspecified atom stereocenters. The lowest BCUT2D eigenvalue weighted by Gasteiger charge is -2.40. The molecule has 1 aromatic rings. The lowest BCUT2D eigenvalue weighted by molar-refractivity contribution is -0.310. The summed E-state index contributed by atoms with van der Waals surface area (Å²) in [5, 5.41) is 108. The number of benzene rings is 1. The third-order valence-electron chi connectivity index (χ3n) is 18.5. The summed E-state index contributed by atoms with van der Waals surface area (Å²) in [5.41, 5.74) is 23.1. The zero-order valence-corrected chi connectivity index (χ0v) is 64.5. The van der Waals surface area contributed by atoms with Gasteiger partial charge in [-0.05, 0) is 96.1 Å². The molecule has 0 saturated carbocycles. The number of aliphatic hydroxyl groups excluding tert-OH is 5. The Morgan fingerprint density at radius 1 is 0.574 bits per heavy atom. The van der Waals surface area contributed by atoms with Gasteiger partial charge in [0.05, 0.1) is 45.0 Å². The number of carboxylic acids is 3. The van der Waals surface area contributed by atoms with Crippen molar-refractivity contribution in [3.8, 4) is 0 Å². The minimum atomic E-state index is -1.89. The Morgan fingerprint density at radius 2 is 1.10 bits per heavy atom. The van der Waals surface area contributed by atoms with Crippen LogP contribution in [0.4, 0.5) is 0 Å². The van der Waals surface area contributed by atoms with Crippen molar-refractivity contribution in [1.29, 1.82) is 0 Å². The first-order valence-electron chi connectivity index (χ1n) is 37.6. The SMILES string of the molecule is CC[C@H](C)[C@H](NC(=O)CN)C(=O)N[C@@H](C)/C=C\CC(=O)N[C@@H](Cc1ccccc1)C(=O)N[C@@H](CC[C@H](CN)O[C@@H]1O[C@H](CO)[C@H](O)[C@H](O)[C@H]1O)C(=O)NCC(=O)N[C@@H](CCC(=O)O)C(=O)N[C@@H](CCC(N)=O)C(=O)NCC(=O)N1CCC[C@H]1C(=O)N[C@@H](CCCCN)C(=O)NCC(=O)N[C@@H](CCC(=O)O)C(=O)N[C@H](C(=O)O)[C@@H](C)O. The number of aliphatic hydroxyl groups is 5. The number of likely N-dealkylation sites (tertiary alicyclic amines) is 1. The van der Waals surface area contributed by atoms with Crippen molar-refractivity contribution in [2.45, 2.75) is 234 Å². The average Bonchev–Trinajstić information content (AvgIpc) is 1.61. The van der Waals surface area contributed by atoms with Crippen molar-refractivity contribution in [3.63, 3.8) is 0 Å². The molecule has 644 valence electrons. The van der Waals surface area contributed by atoms with Crippen molar-refractivity contribution < 1.29 is 132 Å². The van der Waals surface area contributed by atoms with Crippen molar-refractivity contribution in [1.82, 2.24) is 68.7 Å². The maximum Gasteiger partial charge on any atom is 0.328 e. The number of carboxylic acid groups (broad SMARTS) is 3. The Hall–Kier alpha value is -10.4. The number of nitrogens with zero attached hydrogens (tertiary/aromatic N) is 1. The molecule has 0 radical (unpaired) electrons. The zero-order valence-electron chi connectivity index (χ0n) is 64.5. The minimum Gasteiger partial charge on any atom is -0.481 e. The average molecular weight is 1640 g/mol. The van der Waals surface area contributed by atoms with E-state index in [0.29, 0.717) is 18.4 Å². The van der Waals surface area contributed by atoms with Gasteiger partial charge in [-0.2, -0.15) is 0 Å². The molecule has 14 amide bonds. The molecular weight excluding hydrogens is 1520 g/mol. The Labute approximate surface area is 661 Å². The van der Waals surface area contributed by atoms with Crippen LogP contribution in [-0.4, -0.2) is 302 Å². The van der Waals surface area contributed by atoms with Gasteiger partial charge in [-0.3, -0.25) is 76.7 Å². The number of aliphatic carboxylic acids is 3. The second-order valence-electron chi connectivity index (χ2n) is 27.7. The molecule has 0 aliphatic carbocycles. The summed E-state index contributed by atoms with van der Waals surface area (Å²) in [7, 11) is 0. The van der Waals surface area contributed by atoms with Crippen molar-refractivity contribution >= 4 is 101 Å². The fourth-order valence-corrected chi connectivity index (χ4v) is 11.9. The lowest BCUT2D eigenvalue weighted by atomic mass is 9.98. The molecular formula is C71H113N17O27. The normalized spacial score (nSPS) is 19.7. The highest BCUT2D eigenvalue weighted by Gasteiger charge is 2.45. The van der Waals surface area contributed by atoms with E-state index >= 15 is 0 Å². The van der Waals surface area contributed by atoms with Gasteiger partial charge in [0.15, 0.2) is 12.3 Å². The van der Waals surface area contributed by atoms with Gasteiger partial charge in [0.25, 0.3) is 0 Å². The van der Waals surface area contributed by atoms with Gasteiger partial charge in [-0.15, -0.1) is 0 Å². The van der Waals surface area contributed by atoms with Crippen LogP contribution < -0.4 is 86.7 Å². The van der Waals surface area contributed by atoms with Crippen molar-refractivity contribution in [2.24, 2.45) is 28.9 Å². The van der Waals surface area contributed by atoms with Crippen LogP contribution in [0, 0.1) is 5.92 Å². The second-order valence-corrected chi connectivity index (χ2v) is 27.7. The summed E-state index contributed by atoms with van der Waals surface area (Å²) in [6, 6.07) is -6.12. The van der Waals surface area contributed by atoms with E-state index in [9.17, 15) is 122 Å². The third-order valence-corrected chi connectivity index (χ3v) is 18.5. The first-order chi connectivity index (χ1) is 54.4. The van der Waals surface area contributed by atoms with Crippen LogP contribution in [0.3, 0.4) is 0 Å². The number of amides is 14. The maximum absolute atomic E-state index is 14.5. The summed E-state index contributed by atoms with van der Waals surface area (Å²) in [5.74, 6) is -18.0. The highest BCUT2D eigenvalue weighted by atomic mass is 16.7. The van der Waals surface area contributed by atoms with Gasteiger partial charge < -0.3 is 142 Å². The molecule has 0 bridgehead atoms. The number of unbranched alkanes of at least 4 members (excludes halogenated alkanes) is 1. The molecule has 18 atom stereocenters. The Kier molecular flexibility index (Phi) is 44.1. The Balaban J connectivity index is 1.85. The fourth-order valence-electron chi connectivity index (χ4n) is 11.9. The molecule has 1 aromatic carbocycles. The molecule has 2 aliphatic rings. The zero-order chi connectivity index (χ0) is 86.2. The van der Waals surface area contributed by atoms with Gasteiger partial charge in [0.2, 0.25) is 82.7 Å². The molecule has 44 heteroatoms. The van der Waals surface area contributed by atoms with Crippen LogP contribution in [0.25, 0.3) is 0 Å². The standard InChI is InChI=1S/C71H113N17O27/c1-5-36(2)57(86-51(93)31-74)69(111)79-37(3)13-11-18-50(92)82-46(29-39-14-7-6-8-15-39)67(109)84-42(20-19-40(30-73)114-71-61(103)60(102)59(101)48(35-89)115-71)63(105)77-33-52(94)80-44(22-25-55(97)98)65(107)83-43(21-24-49(75)91)64(106)78-34-54(96)88-28-12-17-47(88)68(110)85-41(16-9-10-27-72)62(104)76-32-53(95)81-45(23-26-56(99)100)66(108)87-58(38(4)90)70(112)113/h6-8,11,13-15,36-38,40-48,57-61,71,89-90,101-103H,5,9-10,12,16-35,72-74H2,1-4H3,(H2,75,91)(H,76,104)(H,77,105)(H,78,106)(H,79,111)(H,80,94)(H,81,95)(H,82,92)(H,83,107)(H,84,109)(H,85,110)(H,86,93)(H,87,108)(H,97,98)(H,99,100)(H,112,113)/b13-11-/t36-,37-,38+,40+,41-,42-,43-,44-,45-,46-,47-,48+,57-,58-,59-,60-,61+,71+/m0/s1. The van der Waals surface area contributed by atoms with E-state index in [1.165, 1.54) is 12.2 Å². The van der Waals surface area contributed by atoms with Crippen LogP contribution in [0.1, 0.15) is 130 Å². The van der Waals surface area contributed by atoms with Crippen LogP contribution in [0.15, 0.2) is 42.5 Å². The second kappa shape index (κ2) is 51.4. The van der Waals surface area contributed by atoms with E-state index in [4.69, 9.17) is 32.4 Å². The number of rotatable bonds is 53. The van der Waals surface area contributed by atoms with Gasteiger partial charge in [-0.25, -0.2) is 4.79 Å². The largest absolute Gasteiger partial charge is 0.481 e. The van der Waals surface area contributed by atoms with Crippen LogP contribution in [0.2, 0.25) is 0 Å². The number of hydrogen-bond donors (Lipinski definition) is 24. The van der Waals surface area contributed by atoms with Gasteiger partial charge in [0.1, 0.15) is 72.8 Å².